The number of hydrogen-bond acceptors (Lipinski definition) is 11. The van der Waals surface area contributed by atoms with Crippen LogP contribution < -0.4 is 25.6 Å². The molecular weight excluding hydrogens is 896 g/mol. The molecule has 3 aromatic rings. The number of hydrogen-bond donors (Lipinski definition) is 4. The Morgan fingerprint density at radius 3 is 2.24 bits per heavy atom. The van der Waals surface area contributed by atoms with Gasteiger partial charge in [0.1, 0.15) is 41.9 Å². The second-order valence-electron chi connectivity index (χ2n) is 20.0. The number of nitrogens with one attached hydrogen (secondary N) is 3. The summed E-state index contributed by atoms with van der Waals surface area (Å²) in [4.78, 5) is 65.2. The fourth-order valence-corrected chi connectivity index (χ4v) is 10.2. The van der Waals surface area contributed by atoms with Crippen LogP contribution in [-0.4, -0.2) is 126 Å². The van der Waals surface area contributed by atoms with Gasteiger partial charge in [-0.2, -0.15) is 5.26 Å². The van der Waals surface area contributed by atoms with Crippen molar-refractivity contribution in [2.24, 2.45) is 22.7 Å². The first-order chi connectivity index (χ1) is 31.7. The first-order valence-electron chi connectivity index (χ1n) is 23.2. The minimum atomic E-state index is -0.926. The topological polar surface area (TPSA) is 189 Å². The van der Waals surface area contributed by atoms with Gasteiger partial charge < -0.3 is 40.3 Å². The van der Waals surface area contributed by atoms with Crippen molar-refractivity contribution in [3.63, 3.8) is 0 Å². The monoisotopic (exact) mass is 960 g/mol. The van der Waals surface area contributed by atoms with Crippen LogP contribution in [0.5, 0.6) is 5.75 Å². The highest BCUT2D eigenvalue weighted by atomic mass is 35.5. The van der Waals surface area contributed by atoms with E-state index in [-0.39, 0.29) is 61.2 Å². The van der Waals surface area contributed by atoms with Gasteiger partial charge in [-0.25, -0.2) is 4.98 Å². The lowest BCUT2D eigenvalue weighted by Gasteiger charge is -2.63. The first kappa shape index (κ1) is 51.4. The molecule has 2 aliphatic heterocycles. The molecule has 3 fully saturated rings. The van der Waals surface area contributed by atoms with Gasteiger partial charge in [-0.15, -0.1) is 0 Å². The predicted molar refractivity (Wildman–Crippen MR) is 258 cm³/mol. The average molecular weight is 962 g/mol. The van der Waals surface area contributed by atoms with Crippen molar-refractivity contribution in [3.05, 3.63) is 87.5 Å². The minimum absolute atomic E-state index is 0.00932. The fourth-order valence-electron chi connectivity index (χ4n) is 9.87. The van der Waals surface area contributed by atoms with E-state index in [0.717, 1.165) is 24.5 Å². The summed E-state index contributed by atoms with van der Waals surface area (Å²) in [5.74, 6) is -0.197. The van der Waals surface area contributed by atoms with Gasteiger partial charge in [0.2, 0.25) is 17.7 Å². The highest BCUT2D eigenvalue weighted by molar-refractivity contribution is 6.31. The Morgan fingerprint density at radius 2 is 1.64 bits per heavy atom. The van der Waals surface area contributed by atoms with Gasteiger partial charge in [0, 0.05) is 86.4 Å². The Morgan fingerprint density at radius 1 is 0.955 bits per heavy atom. The molecule has 3 aliphatic rings. The van der Waals surface area contributed by atoms with Crippen molar-refractivity contribution in [2.75, 3.05) is 50.8 Å². The number of likely N-dealkylation sites (tertiary alicyclic amines) is 1. The standard InChI is InChI=1S/C50H66Cl2N8O7/c1-30(2)23-40(45(64)56-42(31(3)4)46(65)60-29-36(61)24-39(60)44(63)55-27-32-9-13-35(51)14-10-32)66-22-21-58-17-19-59(20-18-58)41-16-12-34(28-54-41)43(62)57-47-49(5,6)48(50(47,7)8)67-37-15-11-33(26-53)38(52)25-37/h9-16,25,28,30-31,36,39-40,42,47-48,61H,17-24,27,29H2,1-8H3,(H,55,63)(H,56,64)(H,57,62)/t36-,39+,40+,42+,47?,48?/m1/s1. The number of carbonyl (C=O) groups is 4. The summed E-state index contributed by atoms with van der Waals surface area (Å²) in [6, 6.07) is 15.9. The predicted octanol–water partition coefficient (Wildman–Crippen LogP) is 5.84. The summed E-state index contributed by atoms with van der Waals surface area (Å²) < 4.78 is 12.6. The van der Waals surface area contributed by atoms with Crippen LogP contribution in [0.25, 0.3) is 0 Å². The smallest absolute Gasteiger partial charge is 0.253 e. The maximum absolute atomic E-state index is 14.0. The van der Waals surface area contributed by atoms with Gasteiger partial charge in [-0.1, -0.05) is 90.7 Å². The van der Waals surface area contributed by atoms with Crippen LogP contribution in [0.3, 0.4) is 0 Å². The number of ether oxygens (including phenoxy) is 2. The van der Waals surface area contributed by atoms with Crippen molar-refractivity contribution < 1.29 is 33.8 Å². The molecule has 0 unspecified atom stereocenters. The van der Waals surface area contributed by atoms with E-state index in [1.54, 1.807) is 42.6 Å². The lowest BCUT2D eigenvalue weighted by Crippen LogP contribution is -2.74. The molecule has 362 valence electrons. The molecule has 4 amide bonds. The molecule has 0 radical (unpaired) electrons. The minimum Gasteiger partial charge on any atom is -0.489 e. The number of β-amino-alcohol motifs (C(OH)–C–C–N with tert-alkyl or cyclic N) is 1. The quantitative estimate of drug-likeness (QED) is 0.120. The number of nitriles is 1. The molecule has 67 heavy (non-hydrogen) atoms. The van der Waals surface area contributed by atoms with Crippen LogP contribution in [0.2, 0.25) is 10.0 Å². The van der Waals surface area contributed by atoms with E-state index < -0.39 is 41.0 Å². The summed E-state index contributed by atoms with van der Waals surface area (Å²) in [5.41, 5.74) is 0.890. The van der Waals surface area contributed by atoms with Crippen molar-refractivity contribution in [2.45, 2.75) is 111 Å². The SMILES string of the molecule is CC(C)C[C@H](OCCN1CCN(c2ccc(C(=O)NC3C(C)(C)C(Oc4ccc(C#N)c(Cl)c4)C3(C)C)cn2)CC1)C(=O)N[C@H](C(=O)N1C[C@H](O)C[C@H]1C(=O)NCc1ccc(Cl)cc1)C(C)C. The lowest BCUT2D eigenvalue weighted by atomic mass is 9.49. The third-order valence-corrected chi connectivity index (χ3v) is 13.9. The summed E-state index contributed by atoms with van der Waals surface area (Å²) in [6.07, 6.45) is 0.291. The third kappa shape index (κ3) is 12.4. The van der Waals surface area contributed by atoms with E-state index in [1.807, 2.05) is 45.9 Å². The molecule has 3 heterocycles. The third-order valence-electron chi connectivity index (χ3n) is 13.3. The van der Waals surface area contributed by atoms with Crippen molar-refractivity contribution in [3.8, 4) is 11.8 Å². The summed E-state index contributed by atoms with van der Waals surface area (Å²) >= 11 is 12.3. The van der Waals surface area contributed by atoms with Gasteiger partial charge in [0.25, 0.3) is 5.91 Å². The molecule has 2 aromatic carbocycles. The zero-order valence-electron chi connectivity index (χ0n) is 39.9. The number of piperazine rings is 1. The second-order valence-corrected chi connectivity index (χ2v) is 20.8. The first-order valence-corrected chi connectivity index (χ1v) is 24.0. The van der Waals surface area contributed by atoms with Crippen molar-refractivity contribution >= 4 is 52.6 Å². The van der Waals surface area contributed by atoms with Gasteiger partial charge in [-0.05, 0) is 60.2 Å². The Bertz CT molecular complexity index is 2240. The number of rotatable bonds is 18. The van der Waals surface area contributed by atoms with E-state index in [2.05, 4.69) is 64.5 Å². The number of nitrogens with zero attached hydrogens (tertiary/aromatic N) is 5. The van der Waals surface area contributed by atoms with Gasteiger partial charge in [-0.3, -0.25) is 24.1 Å². The molecule has 17 heteroatoms. The molecule has 4 atom stereocenters. The number of aliphatic hydroxyl groups is 1. The molecule has 4 N–H and O–H groups in total. The van der Waals surface area contributed by atoms with E-state index in [9.17, 15) is 29.5 Å². The Kier molecular flexibility index (Phi) is 16.9. The molecule has 2 saturated heterocycles. The van der Waals surface area contributed by atoms with Crippen LogP contribution in [0.4, 0.5) is 5.82 Å². The number of halogens is 2. The highest BCUT2D eigenvalue weighted by Gasteiger charge is 2.64. The summed E-state index contributed by atoms with van der Waals surface area (Å²) in [5, 5.41) is 29.8. The van der Waals surface area contributed by atoms with Crippen LogP contribution in [0.1, 0.15) is 89.7 Å². The number of pyridine rings is 1. The Labute approximate surface area is 404 Å². The molecule has 15 nitrogen and oxygen atoms in total. The van der Waals surface area contributed by atoms with E-state index >= 15 is 0 Å². The van der Waals surface area contributed by atoms with E-state index in [1.165, 1.54) is 4.90 Å². The summed E-state index contributed by atoms with van der Waals surface area (Å²) in [6.45, 7) is 20.0. The maximum Gasteiger partial charge on any atom is 0.253 e. The number of aromatic nitrogens is 1. The van der Waals surface area contributed by atoms with Gasteiger partial charge >= 0.3 is 0 Å². The maximum atomic E-state index is 14.0. The molecule has 1 aromatic heterocycles. The van der Waals surface area contributed by atoms with Crippen molar-refractivity contribution in [1.82, 2.24) is 30.7 Å². The number of aliphatic hydroxyl groups excluding tert-OH is 1. The van der Waals surface area contributed by atoms with Crippen LogP contribution in [0, 0.1) is 34.0 Å². The Balaban J connectivity index is 0.961. The second kappa shape index (κ2) is 22.0. The van der Waals surface area contributed by atoms with Gasteiger partial charge in [0.15, 0.2) is 0 Å². The number of benzene rings is 2. The van der Waals surface area contributed by atoms with E-state index in [4.69, 9.17) is 32.7 Å². The zero-order chi connectivity index (χ0) is 48.8. The lowest BCUT2D eigenvalue weighted by molar-refractivity contribution is -0.164. The fraction of sp³-hybridized carbons (Fsp3) is 0.560. The van der Waals surface area contributed by atoms with Crippen LogP contribution in [0.15, 0.2) is 60.8 Å². The molecule has 1 aliphatic carbocycles. The van der Waals surface area contributed by atoms with Crippen LogP contribution >= 0.6 is 23.2 Å². The van der Waals surface area contributed by atoms with E-state index in [0.29, 0.717) is 59.6 Å². The molecule has 1 saturated carbocycles. The number of carbonyl (C=O) groups excluding carboxylic acids is 4. The molecule has 0 spiro atoms. The molecule has 0 bridgehead atoms. The number of anilines is 1. The van der Waals surface area contributed by atoms with Crippen molar-refractivity contribution in [1.29, 1.82) is 5.26 Å². The average Bonchev–Trinajstić information content (AvgIpc) is 3.69. The highest BCUT2D eigenvalue weighted by Crippen LogP contribution is 2.55. The normalized spacial score (nSPS) is 22.1. The molecule has 6 rings (SSSR count). The zero-order valence-corrected chi connectivity index (χ0v) is 41.4. The Hall–Kier alpha value is -4.98. The number of amides is 4. The van der Waals surface area contributed by atoms with Gasteiger partial charge in [0.05, 0.1) is 28.9 Å². The summed E-state index contributed by atoms with van der Waals surface area (Å²) in [7, 11) is 0. The van der Waals surface area contributed by atoms with Crippen LogP contribution in [-0.2, 0) is 25.7 Å². The molecular formula is C50H66Cl2N8O7. The largest absolute Gasteiger partial charge is 0.489 e.